The van der Waals surface area contributed by atoms with Gasteiger partial charge < -0.3 is 4.90 Å². The van der Waals surface area contributed by atoms with Crippen LogP contribution in [-0.2, 0) is 11.2 Å². The van der Waals surface area contributed by atoms with E-state index in [2.05, 4.69) is 54.7 Å². The van der Waals surface area contributed by atoms with Crippen LogP contribution in [0.15, 0.2) is 78.9 Å². The molecule has 0 saturated carbocycles. The van der Waals surface area contributed by atoms with Crippen LogP contribution in [0.2, 0.25) is 0 Å². The van der Waals surface area contributed by atoms with Gasteiger partial charge in [-0.05, 0) is 42.5 Å². The number of amides is 1. The van der Waals surface area contributed by atoms with Crippen molar-refractivity contribution < 1.29 is 4.79 Å². The lowest BCUT2D eigenvalue weighted by Crippen LogP contribution is -2.42. The molecule has 3 aromatic carbocycles. The van der Waals surface area contributed by atoms with Crippen LogP contribution in [0.4, 0.5) is 5.69 Å². The standard InChI is InChI=1S/C25H26N2O/c1-19-14-15-23-22(17-19)13-8-16-27(23)24(28)18-26-25(20-9-4-2-5-10-20)21-11-6-3-7-12-21/h2-7,9-12,14-15,17,25-26H,8,13,16,18H2,1H3. The Hall–Kier alpha value is -2.91. The predicted octanol–water partition coefficient (Wildman–Crippen LogP) is 4.65. The van der Waals surface area contributed by atoms with E-state index >= 15 is 0 Å². The number of anilines is 1. The van der Waals surface area contributed by atoms with E-state index in [9.17, 15) is 4.79 Å². The van der Waals surface area contributed by atoms with Gasteiger partial charge in [-0.1, -0.05) is 78.4 Å². The molecule has 142 valence electrons. The van der Waals surface area contributed by atoms with E-state index in [1.165, 1.54) is 11.1 Å². The fourth-order valence-electron chi connectivity index (χ4n) is 3.99. The monoisotopic (exact) mass is 370 g/mol. The van der Waals surface area contributed by atoms with E-state index in [-0.39, 0.29) is 11.9 Å². The molecular weight excluding hydrogens is 344 g/mol. The molecule has 4 rings (SSSR count). The van der Waals surface area contributed by atoms with Gasteiger partial charge in [-0.2, -0.15) is 0 Å². The van der Waals surface area contributed by atoms with Crippen LogP contribution in [0.25, 0.3) is 0 Å². The normalized spacial score (nSPS) is 13.4. The number of hydrogen-bond donors (Lipinski definition) is 1. The molecule has 0 fully saturated rings. The second kappa shape index (κ2) is 8.41. The molecule has 28 heavy (non-hydrogen) atoms. The van der Waals surface area contributed by atoms with Gasteiger partial charge in [-0.15, -0.1) is 0 Å². The Labute approximate surface area is 167 Å². The van der Waals surface area contributed by atoms with Crippen LogP contribution < -0.4 is 10.2 Å². The highest BCUT2D eigenvalue weighted by Gasteiger charge is 2.23. The molecule has 1 aliphatic rings. The molecule has 3 nitrogen and oxygen atoms in total. The van der Waals surface area contributed by atoms with Crippen molar-refractivity contribution in [2.45, 2.75) is 25.8 Å². The Kier molecular flexibility index (Phi) is 5.54. The highest BCUT2D eigenvalue weighted by atomic mass is 16.2. The fraction of sp³-hybridized carbons (Fsp3) is 0.240. The van der Waals surface area contributed by atoms with Gasteiger partial charge in [0.15, 0.2) is 0 Å². The smallest absolute Gasteiger partial charge is 0.240 e. The zero-order chi connectivity index (χ0) is 19.3. The highest BCUT2D eigenvalue weighted by Crippen LogP contribution is 2.28. The summed E-state index contributed by atoms with van der Waals surface area (Å²) in [5.74, 6) is 0.127. The number of aryl methyl sites for hydroxylation is 2. The molecule has 1 N–H and O–H groups in total. The van der Waals surface area contributed by atoms with Crippen molar-refractivity contribution in [1.82, 2.24) is 5.32 Å². The van der Waals surface area contributed by atoms with Gasteiger partial charge >= 0.3 is 0 Å². The Morgan fingerprint density at radius 3 is 2.25 bits per heavy atom. The van der Waals surface area contributed by atoms with E-state index < -0.39 is 0 Å². The van der Waals surface area contributed by atoms with Gasteiger partial charge in [0.05, 0.1) is 12.6 Å². The summed E-state index contributed by atoms with van der Waals surface area (Å²) >= 11 is 0. The van der Waals surface area contributed by atoms with Gasteiger partial charge in [0.25, 0.3) is 0 Å². The first-order chi connectivity index (χ1) is 13.7. The van der Waals surface area contributed by atoms with Crippen LogP contribution in [0, 0.1) is 6.92 Å². The van der Waals surface area contributed by atoms with Crippen molar-refractivity contribution in [2.24, 2.45) is 0 Å². The van der Waals surface area contributed by atoms with Crippen molar-refractivity contribution in [2.75, 3.05) is 18.0 Å². The maximum atomic E-state index is 13.1. The number of carbonyl (C=O) groups excluding carboxylic acids is 1. The van der Waals surface area contributed by atoms with Gasteiger partial charge in [0, 0.05) is 12.2 Å². The van der Waals surface area contributed by atoms with Crippen LogP contribution in [0.1, 0.15) is 34.7 Å². The number of nitrogens with zero attached hydrogens (tertiary/aromatic N) is 1. The van der Waals surface area contributed by atoms with Crippen molar-refractivity contribution >= 4 is 11.6 Å². The predicted molar refractivity (Wildman–Crippen MR) is 115 cm³/mol. The molecule has 0 bridgehead atoms. The second-order valence-corrected chi connectivity index (χ2v) is 7.42. The lowest BCUT2D eigenvalue weighted by molar-refractivity contribution is -0.118. The van der Waals surface area contributed by atoms with Gasteiger partial charge in [0.2, 0.25) is 5.91 Å². The summed E-state index contributed by atoms with van der Waals surface area (Å²) in [6.45, 7) is 3.20. The summed E-state index contributed by atoms with van der Waals surface area (Å²) in [5, 5.41) is 3.50. The average molecular weight is 370 g/mol. The van der Waals surface area contributed by atoms with E-state index in [0.29, 0.717) is 6.54 Å². The molecule has 1 heterocycles. The first-order valence-corrected chi connectivity index (χ1v) is 9.95. The van der Waals surface area contributed by atoms with Gasteiger partial charge in [0.1, 0.15) is 0 Å². The maximum Gasteiger partial charge on any atom is 0.240 e. The van der Waals surface area contributed by atoms with E-state index in [1.807, 2.05) is 41.3 Å². The first kappa shape index (κ1) is 18.5. The van der Waals surface area contributed by atoms with Crippen LogP contribution in [-0.4, -0.2) is 19.0 Å². The number of carbonyl (C=O) groups is 1. The molecule has 3 aromatic rings. The first-order valence-electron chi connectivity index (χ1n) is 9.95. The summed E-state index contributed by atoms with van der Waals surface area (Å²) in [4.78, 5) is 15.0. The third-order valence-electron chi connectivity index (χ3n) is 5.38. The number of benzene rings is 3. The third kappa shape index (κ3) is 4.00. The molecule has 1 amide bonds. The number of nitrogens with one attached hydrogen (secondary N) is 1. The molecule has 0 aromatic heterocycles. The molecule has 0 saturated heterocycles. The maximum absolute atomic E-state index is 13.1. The summed E-state index contributed by atoms with van der Waals surface area (Å²) in [6.07, 6.45) is 2.06. The highest BCUT2D eigenvalue weighted by molar-refractivity contribution is 5.96. The topological polar surface area (TPSA) is 32.3 Å². The zero-order valence-corrected chi connectivity index (χ0v) is 16.3. The Morgan fingerprint density at radius 2 is 1.61 bits per heavy atom. The SMILES string of the molecule is Cc1ccc2c(c1)CCCN2C(=O)CNC(c1ccccc1)c1ccccc1. The fourth-order valence-corrected chi connectivity index (χ4v) is 3.99. The van der Waals surface area contributed by atoms with Crippen molar-refractivity contribution in [3.8, 4) is 0 Å². The minimum absolute atomic E-state index is 0.00590. The Bertz CT molecular complexity index is 898. The lowest BCUT2D eigenvalue weighted by Gasteiger charge is -2.30. The zero-order valence-electron chi connectivity index (χ0n) is 16.3. The summed E-state index contributed by atoms with van der Waals surface area (Å²) in [7, 11) is 0. The van der Waals surface area contributed by atoms with Crippen molar-refractivity contribution in [1.29, 1.82) is 0 Å². The Morgan fingerprint density at radius 1 is 0.964 bits per heavy atom. The van der Waals surface area contributed by atoms with Crippen LogP contribution in [0.5, 0.6) is 0 Å². The molecule has 1 aliphatic heterocycles. The van der Waals surface area contributed by atoms with Gasteiger partial charge in [-0.25, -0.2) is 0 Å². The summed E-state index contributed by atoms with van der Waals surface area (Å²) in [6, 6.07) is 27.0. The van der Waals surface area contributed by atoms with Crippen LogP contribution >= 0.6 is 0 Å². The molecule has 0 atom stereocenters. The molecule has 0 unspecified atom stereocenters. The third-order valence-corrected chi connectivity index (χ3v) is 5.38. The Balaban J connectivity index is 1.53. The quantitative estimate of drug-likeness (QED) is 0.709. The van der Waals surface area contributed by atoms with E-state index in [0.717, 1.165) is 36.2 Å². The van der Waals surface area contributed by atoms with Crippen molar-refractivity contribution in [3.63, 3.8) is 0 Å². The number of rotatable bonds is 5. The van der Waals surface area contributed by atoms with E-state index in [1.54, 1.807) is 0 Å². The van der Waals surface area contributed by atoms with Gasteiger partial charge in [-0.3, -0.25) is 10.1 Å². The van der Waals surface area contributed by atoms with E-state index in [4.69, 9.17) is 0 Å². The average Bonchev–Trinajstić information content (AvgIpc) is 2.74. The summed E-state index contributed by atoms with van der Waals surface area (Å²) in [5.41, 5.74) is 5.92. The number of fused-ring (bicyclic) bond motifs is 1. The minimum atomic E-state index is -0.00590. The molecule has 0 spiro atoms. The lowest BCUT2D eigenvalue weighted by atomic mass is 9.98. The summed E-state index contributed by atoms with van der Waals surface area (Å²) < 4.78 is 0. The minimum Gasteiger partial charge on any atom is -0.311 e. The second-order valence-electron chi connectivity index (χ2n) is 7.42. The van der Waals surface area contributed by atoms with Crippen molar-refractivity contribution in [3.05, 3.63) is 101 Å². The molecular formula is C25H26N2O. The molecule has 0 aliphatic carbocycles. The number of hydrogen-bond acceptors (Lipinski definition) is 2. The van der Waals surface area contributed by atoms with Crippen LogP contribution in [0.3, 0.4) is 0 Å². The largest absolute Gasteiger partial charge is 0.311 e. The molecule has 0 radical (unpaired) electrons. The molecule has 3 heteroatoms.